The van der Waals surface area contributed by atoms with Crippen LogP contribution < -0.4 is 10.1 Å². The average Bonchev–Trinajstić information content (AvgIpc) is 2.70. The molecule has 1 saturated heterocycles. The molecule has 0 bridgehead atoms. The summed E-state index contributed by atoms with van der Waals surface area (Å²) < 4.78 is 4.98. The van der Waals surface area contributed by atoms with Gasteiger partial charge in [-0.05, 0) is 19.3 Å². The fraction of sp³-hybridized carbons (Fsp3) is 0.583. The van der Waals surface area contributed by atoms with Crippen LogP contribution in [0, 0.1) is 5.92 Å². The van der Waals surface area contributed by atoms with Gasteiger partial charge in [0, 0.05) is 18.7 Å². The van der Waals surface area contributed by atoms with Crippen molar-refractivity contribution in [3.8, 4) is 5.88 Å². The highest BCUT2D eigenvalue weighted by molar-refractivity contribution is 5.88. The topological polar surface area (TPSA) is 67.3 Å². The van der Waals surface area contributed by atoms with E-state index in [-0.39, 0.29) is 12.1 Å². The Morgan fingerprint density at radius 2 is 2.28 bits per heavy atom. The Bertz CT molecular complexity index is 438. The van der Waals surface area contributed by atoms with Crippen molar-refractivity contribution in [2.24, 2.45) is 5.92 Å². The summed E-state index contributed by atoms with van der Waals surface area (Å²) in [5.74, 6) is 1.43. The minimum absolute atomic E-state index is 0.118. The molecule has 1 aromatic rings. The summed E-state index contributed by atoms with van der Waals surface area (Å²) in [6.45, 7) is 5.01. The Morgan fingerprint density at radius 3 is 2.89 bits per heavy atom. The number of carbonyl (C=O) groups is 1. The number of anilines is 1. The van der Waals surface area contributed by atoms with Gasteiger partial charge in [-0.25, -0.2) is 14.8 Å². The predicted molar refractivity (Wildman–Crippen MR) is 67.6 cm³/mol. The Balaban J connectivity index is 2.02. The van der Waals surface area contributed by atoms with Gasteiger partial charge < -0.3 is 9.64 Å². The molecule has 6 nitrogen and oxygen atoms in total. The molecule has 0 aromatic carbocycles. The minimum atomic E-state index is -0.118. The van der Waals surface area contributed by atoms with Gasteiger partial charge in [-0.3, -0.25) is 5.32 Å². The lowest BCUT2D eigenvalue weighted by Crippen LogP contribution is -2.38. The molecule has 6 heteroatoms. The summed E-state index contributed by atoms with van der Waals surface area (Å²) in [4.78, 5) is 21.8. The first kappa shape index (κ1) is 12.6. The van der Waals surface area contributed by atoms with Crippen LogP contribution in [0.1, 0.15) is 20.3 Å². The molecule has 1 aliphatic heterocycles. The molecule has 1 fully saturated rings. The fourth-order valence-electron chi connectivity index (χ4n) is 2.08. The molecule has 0 saturated carbocycles. The molecule has 2 atom stereocenters. The molecule has 2 amide bonds. The number of ether oxygens (including phenoxy) is 1. The molecular weight excluding hydrogens is 232 g/mol. The molecular formula is C12H18N4O2. The standard InChI is InChI=1S/C12H18N4O2/c1-8-4-5-16(9(8)2)12(17)15-10-6-11(18-3)14-7-13-10/h6-9H,4-5H2,1-3H3,(H,13,14,15,17). The van der Waals surface area contributed by atoms with Crippen LogP contribution in [0.5, 0.6) is 5.88 Å². The van der Waals surface area contributed by atoms with Crippen LogP contribution in [-0.2, 0) is 0 Å². The summed E-state index contributed by atoms with van der Waals surface area (Å²) in [6.07, 6.45) is 2.41. The highest BCUT2D eigenvalue weighted by Crippen LogP contribution is 2.24. The van der Waals surface area contributed by atoms with E-state index in [9.17, 15) is 4.79 Å². The number of methoxy groups -OCH3 is 1. The van der Waals surface area contributed by atoms with E-state index < -0.39 is 0 Å². The maximum Gasteiger partial charge on any atom is 0.323 e. The van der Waals surface area contributed by atoms with Crippen LogP contribution in [-0.4, -0.2) is 40.6 Å². The number of hydrogen-bond acceptors (Lipinski definition) is 4. The largest absolute Gasteiger partial charge is 0.481 e. The zero-order chi connectivity index (χ0) is 13.1. The predicted octanol–water partition coefficient (Wildman–Crippen LogP) is 1.75. The van der Waals surface area contributed by atoms with E-state index in [2.05, 4.69) is 29.1 Å². The Kier molecular flexibility index (Phi) is 3.64. The number of urea groups is 1. The van der Waals surface area contributed by atoms with Crippen molar-refractivity contribution in [3.63, 3.8) is 0 Å². The molecule has 18 heavy (non-hydrogen) atoms. The van der Waals surface area contributed by atoms with Crippen molar-refractivity contribution in [1.82, 2.24) is 14.9 Å². The van der Waals surface area contributed by atoms with Gasteiger partial charge in [-0.1, -0.05) is 6.92 Å². The van der Waals surface area contributed by atoms with Crippen molar-refractivity contribution in [1.29, 1.82) is 0 Å². The molecule has 2 rings (SSSR count). The number of rotatable bonds is 2. The van der Waals surface area contributed by atoms with Gasteiger partial charge in [0.05, 0.1) is 7.11 Å². The minimum Gasteiger partial charge on any atom is -0.481 e. The smallest absolute Gasteiger partial charge is 0.323 e. The molecule has 0 aliphatic carbocycles. The number of amides is 2. The quantitative estimate of drug-likeness (QED) is 0.868. The average molecular weight is 250 g/mol. The van der Waals surface area contributed by atoms with E-state index in [1.165, 1.54) is 13.4 Å². The number of likely N-dealkylation sites (tertiary alicyclic amines) is 1. The van der Waals surface area contributed by atoms with E-state index in [1.54, 1.807) is 6.07 Å². The lowest BCUT2D eigenvalue weighted by atomic mass is 10.1. The van der Waals surface area contributed by atoms with Gasteiger partial charge >= 0.3 is 6.03 Å². The van der Waals surface area contributed by atoms with Crippen LogP contribution >= 0.6 is 0 Å². The third-order valence-electron chi connectivity index (χ3n) is 3.49. The zero-order valence-electron chi connectivity index (χ0n) is 10.9. The SMILES string of the molecule is COc1cc(NC(=O)N2CCC(C)C2C)ncn1. The van der Waals surface area contributed by atoms with Gasteiger partial charge in [0.2, 0.25) is 5.88 Å². The second-order valence-electron chi connectivity index (χ2n) is 4.58. The summed E-state index contributed by atoms with van der Waals surface area (Å²) >= 11 is 0. The van der Waals surface area contributed by atoms with Crippen molar-refractivity contribution >= 4 is 11.8 Å². The maximum atomic E-state index is 12.1. The number of carbonyl (C=O) groups excluding carboxylic acids is 1. The molecule has 1 aromatic heterocycles. The first-order chi connectivity index (χ1) is 8.61. The molecule has 1 aliphatic rings. The van der Waals surface area contributed by atoms with E-state index in [1.807, 2.05) is 4.90 Å². The van der Waals surface area contributed by atoms with Crippen LogP contribution in [0.25, 0.3) is 0 Å². The van der Waals surface area contributed by atoms with Crippen molar-refractivity contribution in [2.75, 3.05) is 19.0 Å². The molecule has 1 N–H and O–H groups in total. The van der Waals surface area contributed by atoms with Crippen LogP contribution in [0.15, 0.2) is 12.4 Å². The van der Waals surface area contributed by atoms with E-state index in [0.29, 0.717) is 17.6 Å². The Labute approximate surface area is 106 Å². The van der Waals surface area contributed by atoms with E-state index in [0.717, 1.165) is 13.0 Å². The number of aromatic nitrogens is 2. The Morgan fingerprint density at radius 1 is 1.50 bits per heavy atom. The highest BCUT2D eigenvalue weighted by atomic mass is 16.5. The summed E-state index contributed by atoms with van der Waals surface area (Å²) in [7, 11) is 1.53. The van der Waals surface area contributed by atoms with Crippen LogP contribution in [0.4, 0.5) is 10.6 Å². The highest BCUT2D eigenvalue weighted by Gasteiger charge is 2.31. The van der Waals surface area contributed by atoms with Gasteiger partial charge in [-0.15, -0.1) is 0 Å². The lowest BCUT2D eigenvalue weighted by molar-refractivity contribution is 0.205. The van der Waals surface area contributed by atoms with Gasteiger partial charge in [0.15, 0.2) is 0 Å². The summed E-state index contributed by atoms with van der Waals surface area (Å²) in [6, 6.07) is 1.74. The van der Waals surface area contributed by atoms with Crippen molar-refractivity contribution < 1.29 is 9.53 Å². The summed E-state index contributed by atoms with van der Waals surface area (Å²) in [5.41, 5.74) is 0. The molecule has 98 valence electrons. The second-order valence-corrected chi connectivity index (χ2v) is 4.58. The second kappa shape index (κ2) is 5.20. The zero-order valence-corrected chi connectivity index (χ0v) is 10.9. The molecule has 0 spiro atoms. The summed E-state index contributed by atoms with van der Waals surface area (Å²) in [5, 5.41) is 2.77. The maximum absolute atomic E-state index is 12.1. The van der Waals surface area contributed by atoms with E-state index >= 15 is 0 Å². The van der Waals surface area contributed by atoms with Crippen LogP contribution in [0.2, 0.25) is 0 Å². The van der Waals surface area contributed by atoms with Crippen LogP contribution in [0.3, 0.4) is 0 Å². The van der Waals surface area contributed by atoms with Gasteiger partial charge in [0.1, 0.15) is 12.1 Å². The van der Waals surface area contributed by atoms with Crippen molar-refractivity contribution in [3.05, 3.63) is 12.4 Å². The number of hydrogen-bond donors (Lipinski definition) is 1. The van der Waals surface area contributed by atoms with E-state index in [4.69, 9.17) is 4.74 Å². The molecule has 0 radical (unpaired) electrons. The number of nitrogens with one attached hydrogen (secondary N) is 1. The van der Waals surface area contributed by atoms with Gasteiger partial charge in [-0.2, -0.15) is 0 Å². The number of nitrogens with zero attached hydrogens (tertiary/aromatic N) is 3. The van der Waals surface area contributed by atoms with Crippen molar-refractivity contribution in [2.45, 2.75) is 26.3 Å². The lowest BCUT2D eigenvalue weighted by Gasteiger charge is -2.23. The Hall–Kier alpha value is -1.85. The molecule has 2 unspecified atom stereocenters. The first-order valence-electron chi connectivity index (χ1n) is 6.05. The molecule has 2 heterocycles. The van der Waals surface area contributed by atoms with Gasteiger partial charge in [0.25, 0.3) is 0 Å². The normalized spacial score (nSPS) is 22.9. The first-order valence-corrected chi connectivity index (χ1v) is 6.05. The monoisotopic (exact) mass is 250 g/mol. The third kappa shape index (κ3) is 2.52. The third-order valence-corrected chi connectivity index (χ3v) is 3.49. The fourth-order valence-corrected chi connectivity index (χ4v) is 2.08.